The van der Waals surface area contributed by atoms with E-state index in [9.17, 15) is 4.79 Å². The molecule has 7 heteroatoms. The maximum Gasteiger partial charge on any atom is 0.227 e. The van der Waals surface area contributed by atoms with Crippen molar-refractivity contribution in [1.29, 1.82) is 0 Å². The summed E-state index contributed by atoms with van der Waals surface area (Å²) in [5, 5.41) is 7.06. The first-order valence-corrected chi connectivity index (χ1v) is 8.19. The molecular formula is C18H17N5O2. The van der Waals surface area contributed by atoms with Gasteiger partial charge in [0.2, 0.25) is 11.8 Å². The number of carbonyl (C=O) groups excluding carboxylic acids is 1. The number of hydrogen-bond acceptors (Lipinski definition) is 5. The second-order valence-corrected chi connectivity index (χ2v) is 5.91. The normalized spacial score (nSPS) is 13.9. The Morgan fingerprint density at radius 3 is 2.72 bits per heavy atom. The molecular weight excluding hydrogens is 318 g/mol. The van der Waals surface area contributed by atoms with Gasteiger partial charge in [0.25, 0.3) is 0 Å². The first-order chi connectivity index (χ1) is 12.3. The van der Waals surface area contributed by atoms with E-state index in [4.69, 9.17) is 4.74 Å². The first kappa shape index (κ1) is 15.3. The van der Waals surface area contributed by atoms with E-state index in [1.807, 2.05) is 18.2 Å². The highest BCUT2D eigenvalue weighted by Gasteiger charge is 2.25. The van der Waals surface area contributed by atoms with Crippen LogP contribution in [0.5, 0.6) is 11.6 Å². The average Bonchev–Trinajstić information content (AvgIpc) is 3.10. The van der Waals surface area contributed by atoms with Gasteiger partial charge in [0.1, 0.15) is 12.1 Å². The largest absolute Gasteiger partial charge is 0.439 e. The summed E-state index contributed by atoms with van der Waals surface area (Å²) in [4.78, 5) is 20.2. The number of amides is 1. The summed E-state index contributed by atoms with van der Waals surface area (Å²) in [6.45, 7) is 0. The molecule has 1 saturated carbocycles. The molecule has 7 nitrogen and oxygen atoms in total. The Labute approximate surface area is 144 Å². The fourth-order valence-electron chi connectivity index (χ4n) is 2.56. The summed E-state index contributed by atoms with van der Waals surface area (Å²) in [6.07, 6.45) is 8.02. The van der Waals surface area contributed by atoms with Gasteiger partial charge in [0.15, 0.2) is 5.82 Å². The molecule has 0 spiro atoms. The van der Waals surface area contributed by atoms with Gasteiger partial charge in [-0.3, -0.25) is 4.79 Å². The molecule has 25 heavy (non-hydrogen) atoms. The molecule has 0 bridgehead atoms. The molecule has 1 fully saturated rings. The number of aromatic nitrogens is 4. The van der Waals surface area contributed by atoms with E-state index in [2.05, 4.69) is 20.4 Å². The zero-order valence-electron chi connectivity index (χ0n) is 13.5. The Morgan fingerprint density at radius 1 is 1.20 bits per heavy atom. The van der Waals surface area contributed by atoms with Crippen molar-refractivity contribution in [2.75, 3.05) is 5.32 Å². The SMILES string of the molecule is O=C(Nc1ccc(Oc2cc(-n3cccn3)ncn2)cc1)C1CCC1. The third-order valence-electron chi connectivity index (χ3n) is 4.19. The van der Waals surface area contributed by atoms with Gasteiger partial charge in [-0.2, -0.15) is 5.10 Å². The lowest BCUT2D eigenvalue weighted by molar-refractivity contribution is -0.122. The van der Waals surface area contributed by atoms with Crippen LogP contribution in [0.2, 0.25) is 0 Å². The van der Waals surface area contributed by atoms with Gasteiger partial charge in [0, 0.05) is 30.1 Å². The molecule has 1 N–H and O–H groups in total. The van der Waals surface area contributed by atoms with Crippen LogP contribution in [0.3, 0.4) is 0 Å². The number of hydrogen-bond donors (Lipinski definition) is 1. The smallest absolute Gasteiger partial charge is 0.227 e. The van der Waals surface area contributed by atoms with Gasteiger partial charge in [-0.05, 0) is 43.2 Å². The van der Waals surface area contributed by atoms with Gasteiger partial charge < -0.3 is 10.1 Å². The lowest BCUT2D eigenvalue weighted by atomic mass is 9.85. The second kappa shape index (κ2) is 6.72. The zero-order valence-corrected chi connectivity index (χ0v) is 13.5. The molecule has 0 aliphatic heterocycles. The van der Waals surface area contributed by atoms with Crippen molar-refractivity contribution in [3.8, 4) is 17.4 Å². The summed E-state index contributed by atoms with van der Waals surface area (Å²) in [5.74, 6) is 1.94. The van der Waals surface area contributed by atoms with Gasteiger partial charge in [-0.25, -0.2) is 14.6 Å². The standard InChI is InChI=1S/C18H17N5O2/c24-18(13-3-1-4-13)22-14-5-7-15(8-6-14)25-17-11-16(19-12-20-17)23-10-2-9-21-23/h2,5-13H,1,3-4H2,(H,22,24). The number of ether oxygens (including phenoxy) is 1. The lowest BCUT2D eigenvalue weighted by Gasteiger charge is -2.24. The summed E-state index contributed by atoms with van der Waals surface area (Å²) in [5.41, 5.74) is 0.768. The lowest BCUT2D eigenvalue weighted by Crippen LogP contribution is -2.27. The van der Waals surface area contributed by atoms with Crippen molar-refractivity contribution >= 4 is 11.6 Å². The predicted octanol–water partition coefficient (Wildman–Crippen LogP) is 3.19. The number of carbonyl (C=O) groups is 1. The van der Waals surface area contributed by atoms with E-state index in [-0.39, 0.29) is 11.8 Å². The number of anilines is 1. The van der Waals surface area contributed by atoms with Crippen LogP contribution in [0.15, 0.2) is 55.1 Å². The summed E-state index contributed by atoms with van der Waals surface area (Å²) >= 11 is 0. The number of nitrogens with zero attached hydrogens (tertiary/aromatic N) is 4. The minimum atomic E-state index is 0.0968. The van der Waals surface area contributed by atoms with E-state index in [0.717, 1.165) is 24.9 Å². The van der Waals surface area contributed by atoms with Crippen molar-refractivity contribution < 1.29 is 9.53 Å². The monoisotopic (exact) mass is 335 g/mol. The van der Waals surface area contributed by atoms with Gasteiger partial charge >= 0.3 is 0 Å². The van der Waals surface area contributed by atoms with E-state index < -0.39 is 0 Å². The van der Waals surface area contributed by atoms with Gasteiger partial charge in [-0.1, -0.05) is 6.42 Å². The van der Waals surface area contributed by atoms with Crippen LogP contribution < -0.4 is 10.1 Å². The van der Waals surface area contributed by atoms with E-state index >= 15 is 0 Å². The molecule has 1 aromatic carbocycles. The molecule has 0 atom stereocenters. The van der Waals surface area contributed by atoms with E-state index in [1.54, 1.807) is 35.3 Å². The fourth-order valence-corrected chi connectivity index (χ4v) is 2.56. The molecule has 126 valence electrons. The second-order valence-electron chi connectivity index (χ2n) is 5.91. The average molecular weight is 335 g/mol. The van der Waals surface area contributed by atoms with Crippen LogP contribution in [0.25, 0.3) is 5.82 Å². The molecule has 0 saturated heterocycles. The third-order valence-corrected chi connectivity index (χ3v) is 4.19. The van der Waals surface area contributed by atoms with Crippen LogP contribution in [0.4, 0.5) is 5.69 Å². The van der Waals surface area contributed by atoms with Crippen LogP contribution in [0, 0.1) is 5.92 Å². The van der Waals surface area contributed by atoms with E-state index in [1.165, 1.54) is 6.33 Å². The molecule has 1 aliphatic rings. The Kier molecular flexibility index (Phi) is 4.12. The molecule has 0 unspecified atom stereocenters. The molecule has 3 aromatic rings. The van der Waals surface area contributed by atoms with Gasteiger partial charge in [0.05, 0.1) is 0 Å². The molecule has 0 radical (unpaired) electrons. The van der Waals surface area contributed by atoms with Crippen molar-refractivity contribution in [2.45, 2.75) is 19.3 Å². The van der Waals surface area contributed by atoms with Crippen molar-refractivity contribution in [1.82, 2.24) is 19.7 Å². The summed E-state index contributed by atoms with van der Waals surface area (Å²) in [6, 6.07) is 10.8. The first-order valence-electron chi connectivity index (χ1n) is 8.19. The Morgan fingerprint density at radius 2 is 2.04 bits per heavy atom. The Bertz CT molecular complexity index is 857. The molecule has 2 heterocycles. The fraction of sp³-hybridized carbons (Fsp3) is 0.222. The Balaban J connectivity index is 1.42. The predicted molar refractivity (Wildman–Crippen MR) is 91.6 cm³/mol. The summed E-state index contributed by atoms with van der Waals surface area (Å²) in [7, 11) is 0. The van der Waals surface area contributed by atoms with Crippen molar-refractivity contribution in [3.05, 3.63) is 55.1 Å². The molecule has 2 aromatic heterocycles. The number of benzene rings is 1. The van der Waals surface area contributed by atoms with Crippen LogP contribution in [-0.2, 0) is 4.79 Å². The van der Waals surface area contributed by atoms with Crippen LogP contribution in [0.1, 0.15) is 19.3 Å². The van der Waals surface area contributed by atoms with Crippen molar-refractivity contribution in [3.63, 3.8) is 0 Å². The zero-order chi connectivity index (χ0) is 17.1. The highest BCUT2D eigenvalue weighted by molar-refractivity contribution is 5.93. The molecule has 1 amide bonds. The van der Waals surface area contributed by atoms with Crippen LogP contribution >= 0.6 is 0 Å². The highest BCUT2D eigenvalue weighted by atomic mass is 16.5. The van der Waals surface area contributed by atoms with E-state index in [0.29, 0.717) is 17.4 Å². The highest BCUT2D eigenvalue weighted by Crippen LogP contribution is 2.28. The summed E-state index contributed by atoms with van der Waals surface area (Å²) < 4.78 is 7.38. The topological polar surface area (TPSA) is 81.9 Å². The van der Waals surface area contributed by atoms with Crippen molar-refractivity contribution in [2.24, 2.45) is 5.92 Å². The van der Waals surface area contributed by atoms with Crippen LogP contribution in [-0.4, -0.2) is 25.7 Å². The Hall–Kier alpha value is -3.22. The quantitative estimate of drug-likeness (QED) is 0.774. The maximum absolute atomic E-state index is 12.0. The number of nitrogens with one attached hydrogen (secondary N) is 1. The minimum Gasteiger partial charge on any atom is -0.439 e. The molecule has 4 rings (SSSR count). The molecule has 1 aliphatic carbocycles. The number of rotatable bonds is 5. The maximum atomic E-state index is 12.0. The van der Waals surface area contributed by atoms with Gasteiger partial charge in [-0.15, -0.1) is 0 Å². The third kappa shape index (κ3) is 3.50. The minimum absolute atomic E-state index is 0.0968.